The predicted molar refractivity (Wildman–Crippen MR) is 96.9 cm³/mol. The van der Waals surface area contributed by atoms with E-state index in [1.54, 1.807) is 14.2 Å². The molecule has 0 heterocycles. The number of aryl methyl sites for hydroxylation is 1. The van der Waals surface area contributed by atoms with E-state index in [1.165, 1.54) is 0 Å². The number of aliphatic hydroxyl groups excluding tert-OH is 1. The van der Waals surface area contributed by atoms with Gasteiger partial charge in [-0.25, -0.2) is 0 Å². The Balaban J connectivity index is 1.74. The molecule has 0 bridgehead atoms. The molecule has 2 N–H and O–H groups in total. The molecule has 0 aromatic heterocycles. The van der Waals surface area contributed by atoms with Crippen molar-refractivity contribution in [3.05, 3.63) is 59.7 Å². The summed E-state index contributed by atoms with van der Waals surface area (Å²) < 4.78 is 10.5. The van der Waals surface area contributed by atoms with Gasteiger partial charge >= 0.3 is 0 Å². The summed E-state index contributed by atoms with van der Waals surface area (Å²) in [5, 5.41) is 12.9. The lowest BCUT2D eigenvalue weighted by atomic mass is 10.1. The predicted octanol–water partition coefficient (Wildman–Crippen LogP) is 2.88. The summed E-state index contributed by atoms with van der Waals surface area (Å²) in [6, 6.07) is 15.1. The van der Waals surface area contributed by atoms with Crippen LogP contribution in [0.25, 0.3) is 0 Å². The van der Waals surface area contributed by atoms with Crippen LogP contribution in [0.3, 0.4) is 0 Å². The van der Waals surface area contributed by atoms with Gasteiger partial charge in [0.1, 0.15) is 0 Å². The van der Waals surface area contributed by atoms with Gasteiger partial charge in [0.15, 0.2) is 11.5 Å². The van der Waals surface area contributed by atoms with Crippen LogP contribution in [0.15, 0.2) is 48.5 Å². The molecule has 0 radical (unpaired) electrons. The first kappa shape index (κ1) is 18.8. The number of hydrogen-bond acceptors (Lipinski definition) is 4. The van der Waals surface area contributed by atoms with Crippen LogP contribution in [0.4, 0.5) is 0 Å². The van der Waals surface area contributed by atoms with Crippen LogP contribution in [0.5, 0.6) is 11.5 Å². The lowest BCUT2D eigenvalue weighted by Gasteiger charge is -2.12. The summed E-state index contributed by atoms with van der Waals surface area (Å²) in [5.41, 5.74) is 1.87. The number of carbonyl (C=O) groups excluding carboxylic acids is 1. The molecule has 134 valence electrons. The highest BCUT2D eigenvalue weighted by atomic mass is 16.5. The molecule has 0 spiro atoms. The number of amides is 1. The summed E-state index contributed by atoms with van der Waals surface area (Å²) in [5.74, 6) is 1.30. The van der Waals surface area contributed by atoms with Gasteiger partial charge in [0.2, 0.25) is 5.91 Å². The molecular weight excluding hydrogens is 318 g/mol. The van der Waals surface area contributed by atoms with Gasteiger partial charge in [-0.1, -0.05) is 36.4 Å². The van der Waals surface area contributed by atoms with Crippen molar-refractivity contribution in [3.8, 4) is 11.5 Å². The summed E-state index contributed by atoms with van der Waals surface area (Å²) in [4.78, 5) is 12.0. The van der Waals surface area contributed by atoms with E-state index in [1.807, 2.05) is 48.5 Å². The van der Waals surface area contributed by atoms with Gasteiger partial charge < -0.3 is 19.9 Å². The highest BCUT2D eigenvalue weighted by molar-refractivity contribution is 5.76. The first-order valence-corrected chi connectivity index (χ1v) is 8.34. The zero-order valence-corrected chi connectivity index (χ0v) is 14.7. The number of rotatable bonds is 9. The van der Waals surface area contributed by atoms with E-state index in [4.69, 9.17) is 9.47 Å². The third-order valence-electron chi connectivity index (χ3n) is 4.01. The van der Waals surface area contributed by atoms with Crippen molar-refractivity contribution in [2.45, 2.75) is 25.4 Å². The van der Waals surface area contributed by atoms with Crippen molar-refractivity contribution in [3.63, 3.8) is 0 Å². The average molecular weight is 343 g/mol. The molecule has 0 fully saturated rings. The molecule has 0 saturated heterocycles. The van der Waals surface area contributed by atoms with Crippen LogP contribution in [0.2, 0.25) is 0 Å². The normalized spacial score (nSPS) is 11.6. The first-order valence-electron chi connectivity index (χ1n) is 8.34. The molecule has 0 aliphatic carbocycles. The van der Waals surface area contributed by atoms with Crippen LogP contribution in [0.1, 0.15) is 30.1 Å². The minimum Gasteiger partial charge on any atom is -0.493 e. The maximum absolute atomic E-state index is 12.0. The second-order valence-corrected chi connectivity index (χ2v) is 5.75. The van der Waals surface area contributed by atoms with E-state index in [2.05, 4.69) is 5.32 Å². The maximum Gasteiger partial charge on any atom is 0.220 e. The van der Waals surface area contributed by atoms with Crippen LogP contribution in [-0.4, -0.2) is 31.8 Å². The number of hydrogen-bond donors (Lipinski definition) is 2. The van der Waals surface area contributed by atoms with Gasteiger partial charge in [0, 0.05) is 13.0 Å². The van der Waals surface area contributed by atoms with E-state index in [0.717, 1.165) is 11.1 Å². The van der Waals surface area contributed by atoms with Crippen molar-refractivity contribution in [2.24, 2.45) is 0 Å². The molecule has 5 heteroatoms. The molecule has 1 amide bonds. The Hall–Kier alpha value is -2.53. The maximum atomic E-state index is 12.0. The Kier molecular flexibility index (Phi) is 7.29. The van der Waals surface area contributed by atoms with Gasteiger partial charge in [-0.3, -0.25) is 4.79 Å². The standard InChI is InChI=1S/C20H25NO4/c1-24-18-10-8-15(14-19(18)25-2)9-11-20(23)21-13-12-17(22)16-6-4-3-5-7-16/h3-8,10,14,17,22H,9,11-13H2,1-2H3,(H,21,23). The van der Waals surface area contributed by atoms with Crippen LogP contribution >= 0.6 is 0 Å². The van der Waals surface area contributed by atoms with Crippen LogP contribution in [0, 0.1) is 0 Å². The molecule has 0 aliphatic rings. The number of carbonyl (C=O) groups is 1. The van der Waals surface area contributed by atoms with Gasteiger partial charge in [-0.15, -0.1) is 0 Å². The Bertz CT molecular complexity index is 673. The molecule has 2 aromatic rings. The summed E-state index contributed by atoms with van der Waals surface area (Å²) >= 11 is 0. The molecule has 2 aromatic carbocycles. The smallest absolute Gasteiger partial charge is 0.220 e. The fourth-order valence-corrected chi connectivity index (χ4v) is 2.57. The SMILES string of the molecule is COc1ccc(CCC(=O)NCCC(O)c2ccccc2)cc1OC. The van der Waals surface area contributed by atoms with Crippen molar-refractivity contribution in [1.82, 2.24) is 5.32 Å². The van der Waals surface area contributed by atoms with Crippen molar-refractivity contribution in [2.75, 3.05) is 20.8 Å². The van der Waals surface area contributed by atoms with Crippen LogP contribution < -0.4 is 14.8 Å². The second-order valence-electron chi connectivity index (χ2n) is 5.75. The average Bonchev–Trinajstić information content (AvgIpc) is 2.66. The number of ether oxygens (including phenoxy) is 2. The fraction of sp³-hybridized carbons (Fsp3) is 0.350. The highest BCUT2D eigenvalue weighted by Crippen LogP contribution is 2.27. The van der Waals surface area contributed by atoms with E-state index in [9.17, 15) is 9.90 Å². The first-order chi connectivity index (χ1) is 12.1. The molecule has 1 unspecified atom stereocenters. The Labute approximate surface area is 148 Å². The van der Waals surface area contributed by atoms with Gasteiger partial charge in [0.25, 0.3) is 0 Å². The molecule has 1 atom stereocenters. The molecule has 0 aliphatic heterocycles. The van der Waals surface area contributed by atoms with Crippen molar-refractivity contribution >= 4 is 5.91 Å². The molecular formula is C20H25NO4. The highest BCUT2D eigenvalue weighted by Gasteiger charge is 2.09. The molecule has 2 rings (SSSR count). The van der Waals surface area contributed by atoms with Gasteiger partial charge in [-0.2, -0.15) is 0 Å². The summed E-state index contributed by atoms with van der Waals surface area (Å²) in [7, 11) is 3.18. The third kappa shape index (κ3) is 5.80. The molecule has 25 heavy (non-hydrogen) atoms. The second kappa shape index (κ2) is 9.69. The van der Waals surface area contributed by atoms with Gasteiger partial charge in [-0.05, 0) is 36.1 Å². The van der Waals surface area contributed by atoms with Gasteiger partial charge in [0.05, 0.1) is 20.3 Å². The summed E-state index contributed by atoms with van der Waals surface area (Å²) in [6.45, 7) is 0.445. The molecule has 0 saturated carbocycles. The number of benzene rings is 2. The zero-order chi connectivity index (χ0) is 18.1. The Morgan fingerprint density at radius 3 is 2.48 bits per heavy atom. The van der Waals surface area contributed by atoms with E-state index in [0.29, 0.717) is 37.3 Å². The topological polar surface area (TPSA) is 67.8 Å². The Morgan fingerprint density at radius 2 is 1.80 bits per heavy atom. The lowest BCUT2D eigenvalue weighted by Crippen LogP contribution is -2.25. The third-order valence-corrected chi connectivity index (χ3v) is 4.01. The lowest BCUT2D eigenvalue weighted by molar-refractivity contribution is -0.121. The number of aliphatic hydroxyl groups is 1. The van der Waals surface area contributed by atoms with E-state index in [-0.39, 0.29) is 5.91 Å². The van der Waals surface area contributed by atoms with E-state index < -0.39 is 6.10 Å². The molecule has 5 nitrogen and oxygen atoms in total. The monoisotopic (exact) mass is 343 g/mol. The zero-order valence-electron chi connectivity index (χ0n) is 14.7. The quantitative estimate of drug-likeness (QED) is 0.735. The van der Waals surface area contributed by atoms with E-state index >= 15 is 0 Å². The number of nitrogens with one attached hydrogen (secondary N) is 1. The minimum atomic E-state index is -0.563. The summed E-state index contributed by atoms with van der Waals surface area (Å²) in [6.07, 6.45) is 0.934. The largest absolute Gasteiger partial charge is 0.493 e. The minimum absolute atomic E-state index is 0.0324. The van der Waals surface area contributed by atoms with Crippen molar-refractivity contribution in [1.29, 1.82) is 0 Å². The Morgan fingerprint density at radius 1 is 1.08 bits per heavy atom. The van der Waals surface area contributed by atoms with Crippen LogP contribution in [-0.2, 0) is 11.2 Å². The fourth-order valence-electron chi connectivity index (χ4n) is 2.57. The van der Waals surface area contributed by atoms with Crippen molar-refractivity contribution < 1.29 is 19.4 Å². The number of methoxy groups -OCH3 is 2.